The Labute approximate surface area is 127 Å². The van der Waals surface area contributed by atoms with Gasteiger partial charge < -0.3 is 10.4 Å². The standard InChI is InChI=1S/C15H15Cl2NO2/c16-9-4-5-10(11(17)8-9)12-13(19)15(18-14(12)20)6-2-1-3-7-15/h4-5,8,19H,1-3,6-7H2,(H,18,20). The van der Waals surface area contributed by atoms with E-state index in [1.54, 1.807) is 18.2 Å². The van der Waals surface area contributed by atoms with Crippen LogP contribution in [-0.2, 0) is 4.79 Å². The topological polar surface area (TPSA) is 49.3 Å². The van der Waals surface area contributed by atoms with Gasteiger partial charge in [-0.2, -0.15) is 0 Å². The number of carbonyl (C=O) groups excluding carboxylic acids is 1. The number of amides is 1. The zero-order valence-corrected chi connectivity index (χ0v) is 12.4. The molecule has 0 aromatic heterocycles. The van der Waals surface area contributed by atoms with Crippen molar-refractivity contribution in [3.63, 3.8) is 0 Å². The highest BCUT2D eigenvalue weighted by Crippen LogP contribution is 2.42. The van der Waals surface area contributed by atoms with Crippen molar-refractivity contribution in [2.75, 3.05) is 0 Å². The van der Waals surface area contributed by atoms with Gasteiger partial charge in [-0.15, -0.1) is 0 Å². The fourth-order valence-corrected chi connectivity index (χ4v) is 3.65. The maximum absolute atomic E-state index is 12.3. The molecule has 5 heteroatoms. The molecule has 1 amide bonds. The number of hydrogen-bond acceptors (Lipinski definition) is 2. The predicted octanol–water partition coefficient (Wildman–Crippen LogP) is 4.10. The highest BCUT2D eigenvalue weighted by atomic mass is 35.5. The molecule has 1 aromatic rings. The van der Waals surface area contributed by atoms with E-state index >= 15 is 0 Å². The normalized spacial score (nSPS) is 21.4. The van der Waals surface area contributed by atoms with E-state index in [0.29, 0.717) is 15.6 Å². The largest absolute Gasteiger partial charge is 0.509 e. The monoisotopic (exact) mass is 311 g/mol. The molecule has 2 aliphatic rings. The molecule has 1 aliphatic carbocycles. The van der Waals surface area contributed by atoms with E-state index in [-0.39, 0.29) is 17.2 Å². The van der Waals surface area contributed by atoms with Crippen molar-refractivity contribution in [1.29, 1.82) is 0 Å². The SMILES string of the molecule is O=C1NC2(CCCCC2)C(O)=C1c1ccc(Cl)cc1Cl. The fraction of sp³-hybridized carbons (Fsp3) is 0.400. The summed E-state index contributed by atoms with van der Waals surface area (Å²) in [5.74, 6) is -0.125. The van der Waals surface area contributed by atoms with Crippen molar-refractivity contribution >= 4 is 34.7 Å². The van der Waals surface area contributed by atoms with Gasteiger partial charge in [0, 0.05) is 10.6 Å². The first-order valence-electron chi connectivity index (χ1n) is 6.75. The van der Waals surface area contributed by atoms with Crippen molar-refractivity contribution in [2.45, 2.75) is 37.6 Å². The van der Waals surface area contributed by atoms with Gasteiger partial charge in [0.25, 0.3) is 5.91 Å². The molecule has 1 heterocycles. The van der Waals surface area contributed by atoms with E-state index in [0.717, 1.165) is 32.1 Å². The molecular formula is C15H15Cl2NO2. The van der Waals surface area contributed by atoms with E-state index in [1.165, 1.54) is 0 Å². The first-order chi connectivity index (χ1) is 9.53. The van der Waals surface area contributed by atoms with Gasteiger partial charge in [-0.25, -0.2) is 0 Å². The minimum absolute atomic E-state index is 0.131. The predicted molar refractivity (Wildman–Crippen MR) is 80.0 cm³/mol. The Balaban J connectivity index is 2.09. The van der Waals surface area contributed by atoms with Gasteiger partial charge in [-0.05, 0) is 25.0 Å². The lowest BCUT2D eigenvalue weighted by Crippen LogP contribution is -2.46. The third-order valence-electron chi connectivity index (χ3n) is 4.18. The fourth-order valence-electron chi connectivity index (χ4n) is 3.15. The average molecular weight is 312 g/mol. The number of halogens is 2. The van der Waals surface area contributed by atoms with Crippen LogP contribution in [0.1, 0.15) is 37.7 Å². The number of carbonyl (C=O) groups is 1. The number of rotatable bonds is 1. The molecule has 3 rings (SSSR count). The second kappa shape index (κ2) is 4.97. The number of aliphatic hydroxyl groups is 1. The molecule has 2 N–H and O–H groups in total. The molecule has 0 saturated heterocycles. The van der Waals surface area contributed by atoms with Crippen molar-refractivity contribution in [3.8, 4) is 0 Å². The van der Waals surface area contributed by atoms with E-state index in [2.05, 4.69) is 5.32 Å². The molecular weight excluding hydrogens is 297 g/mol. The van der Waals surface area contributed by atoms with Crippen LogP contribution in [0.3, 0.4) is 0 Å². The molecule has 1 aliphatic heterocycles. The zero-order valence-electron chi connectivity index (χ0n) is 10.9. The van der Waals surface area contributed by atoms with Crippen LogP contribution in [0, 0.1) is 0 Å². The van der Waals surface area contributed by atoms with Gasteiger partial charge in [0.1, 0.15) is 5.76 Å². The van der Waals surface area contributed by atoms with Gasteiger partial charge in [0.05, 0.1) is 16.1 Å². The Kier molecular flexibility index (Phi) is 3.43. The molecule has 0 atom stereocenters. The molecule has 20 heavy (non-hydrogen) atoms. The number of hydrogen-bond donors (Lipinski definition) is 2. The van der Waals surface area contributed by atoms with Crippen LogP contribution < -0.4 is 5.32 Å². The van der Waals surface area contributed by atoms with E-state index in [1.807, 2.05) is 0 Å². The van der Waals surface area contributed by atoms with Crippen LogP contribution in [0.5, 0.6) is 0 Å². The summed E-state index contributed by atoms with van der Waals surface area (Å²) in [6.07, 6.45) is 4.71. The lowest BCUT2D eigenvalue weighted by atomic mass is 9.80. The molecule has 3 nitrogen and oxygen atoms in total. The maximum Gasteiger partial charge on any atom is 0.256 e. The highest BCUT2D eigenvalue weighted by molar-refractivity contribution is 6.37. The summed E-state index contributed by atoms with van der Waals surface area (Å²) >= 11 is 12.0. The van der Waals surface area contributed by atoms with Crippen LogP contribution in [-0.4, -0.2) is 16.6 Å². The molecule has 0 bridgehead atoms. The molecule has 1 spiro atoms. The second-order valence-corrected chi connectivity index (χ2v) is 6.29. The Hall–Kier alpha value is -1.19. The van der Waals surface area contributed by atoms with Crippen LogP contribution in [0.4, 0.5) is 0 Å². The molecule has 0 unspecified atom stereocenters. The van der Waals surface area contributed by atoms with Gasteiger partial charge in [-0.3, -0.25) is 4.79 Å². The van der Waals surface area contributed by atoms with Crippen LogP contribution in [0.2, 0.25) is 10.0 Å². The lowest BCUT2D eigenvalue weighted by Gasteiger charge is -2.33. The lowest BCUT2D eigenvalue weighted by molar-refractivity contribution is -0.116. The number of benzene rings is 1. The summed E-state index contributed by atoms with van der Waals surface area (Å²) in [7, 11) is 0. The van der Waals surface area contributed by atoms with Crippen molar-refractivity contribution in [2.24, 2.45) is 0 Å². The maximum atomic E-state index is 12.3. The van der Waals surface area contributed by atoms with Crippen LogP contribution >= 0.6 is 23.2 Å². The summed E-state index contributed by atoms with van der Waals surface area (Å²) in [5.41, 5.74) is 0.232. The molecule has 0 radical (unpaired) electrons. The summed E-state index contributed by atoms with van der Waals surface area (Å²) in [5, 5.41) is 14.4. The first-order valence-corrected chi connectivity index (χ1v) is 7.51. The first kappa shape index (κ1) is 13.8. The van der Waals surface area contributed by atoms with Crippen molar-refractivity contribution in [3.05, 3.63) is 39.6 Å². The summed E-state index contributed by atoms with van der Waals surface area (Å²) in [4.78, 5) is 12.3. The summed E-state index contributed by atoms with van der Waals surface area (Å²) < 4.78 is 0. The molecule has 106 valence electrons. The van der Waals surface area contributed by atoms with Crippen LogP contribution in [0.15, 0.2) is 24.0 Å². The Morgan fingerprint density at radius 1 is 1.15 bits per heavy atom. The highest BCUT2D eigenvalue weighted by Gasteiger charge is 2.46. The smallest absolute Gasteiger partial charge is 0.256 e. The quantitative estimate of drug-likeness (QED) is 0.820. The van der Waals surface area contributed by atoms with Crippen molar-refractivity contribution in [1.82, 2.24) is 5.32 Å². The summed E-state index contributed by atoms with van der Waals surface area (Å²) in [6.45, 7) is 0. The van der Waals surface area contributed by atoms with Gasteiger partial charge in [-0.1, -0.05) is 48.5 Å². The van der Waals surface area contributed by atoms with Gasteiger partial charge >= 0.3 is 0 Å². The third-order valence-corrected chi connectivity index (χ3v) is 4.73. The van der Waals surface area contributed by atoms with E-state index < -0.39 is 5.54 Å². The van der Waals surface area contributed by atoms with E-state index in [4.69, 9.17) is 23.2 Å². The second-order valence-electron chi connectivity index (χ2n) is 5.44. The number of nitrogens with one attached hydrogen (secondary N) is 1. The molecule has 1 aromatic carbocycles. The Bertz CT molecular complexity index is 604. The van der Waals surface area contributed by atoms with Gasteiger partial charge in [0.2, 0.25) is 0 Å². The average Bonchev–Trinajstić information content (AvgIpc) is 2.63. The summed E-state index contributed by atoms with van der Waals surface area (Å²) in [6, 6.07) is 4.93. The number of aliphatic hydroxyl groups excluding tert-OH is 1. The van der Waals surface area contributed by atoms with E-state index in [9.17, 15) is 9.90 Å². The Morgan fingerprint density at radius 2 is 1.85 bits per heavy atom. The van der Waals surface area contributed by atoms with Crippen LogP contribution in [0.25, 0.3) is 5.57 Å². The minimum Gasteiger partial charge on any atom is -0.509 e. The zero-order chi connectivity index (χ0) is 14.3. The Morgan fingerprint density at radius 3 is 2.50 bits per heavy atom. The molecule has 1 fully saturated rings. The minimum atomic E-state index is -0.590. The molecule has 1 saturated carbocycles. The van der Waals surface area contributed by atoms with Crippen molar-refractivity contribution < 1.29 is 9.90 Å². The third kappa shape index (κ3) is 2.09. The van der Waals surface area contributed by atoms with Gasteiger partial charge in [0.15, 0.2) is 0 Å².